The van der Waals surface area contributed by atoms with Crippen LogP contribution in [0.2, 0.25) is 0 Å². The van der Waals surface area contributed by atoms with E-state index in [0.29, 0.717) is 11.0 Å². The lowest BCUT2D eigenvalue weighted by Gasteiger charge is -2.01. The minimum Gasteiger partial charge on any atom is -0.477 e. The number of nitrogens with one attached hydrogen (secondary N) is 2. The number of H-pyrrole nitrogens is 1. The molecule has 17 heavy (non-hydrogen) atoms. The van der Waals surface area contributed by atoms with Crippen LogP contribution in [0.3, 0.4) is 0 Å². The summed E-state index contributed by atoms with van der Waals surface area (Å²) in [5, 5.41) is 9.37. The number of aromatic nitrogens is 2. The lowest BCUT2D eigenvalue weighted by Crippen LogP contribution is -2.10. The molecule has 90 valence electrons. The number of hydrogen-bond donors (Lipinski definition) is 3. The van der Waals surface area contributed by atoms with Crippen LogP contribution in [0.4, 0.5) is 5.82 Å². The second kappa shape index (κ2) is 3.74. The van der Waals surface area contributed by atoms with Gasteiger partial charge in [0.05, 0.1) is 6.26 Å². The van der Waals surface area contributed by atoms with Crippen LogP contribution in [0.5, 0.6) is 0 Å². The Bertz CT molecular complexity index is 689. The highest BCUT2D eigenvalue weighted by Gasteiger charge is 2.09. The summed E-state index contributed by atoms with van der Waals surface area (Å²) in [5.41, 5.74) is 0.319. The number of sulfonamides is 1. The van der Waals surface area contributed by atoms with Crippen molar-refractivity contribution >= 4 is 32.8 Å². The summed E-state index contributed by atoms with van der Waals surface area (Å²) in [7, 11) is -3.40. The number of rotatable bonds is 3. The monoisotopic (exact) mass is 255 g/mol. The van der Waals surface area contributed by atoms with Gasteiger partial charge in [0.25, 0.3) is 0 Å². The zero-order chi connectivity index (χ0) is 12.6. The number of aromatic carboxylic acids is 1. The molecule has 7 nitrogen and oxygen atoms in total. The van der Waals surface area contributed by atoms with Gasteiger partial charge in [-0.2, -0.15) is 0 Å². The number of anilines is 1. The van der Waals surface area contributed by atoms with E-state index < -0.39 is 16.0 Å². The number of nitrogens with zero attached hydrogens (tertiary/aromatic N) is 1. The first-order valence-electron chi connectivity index (χ1n) is 4.56. The highest BCUT2D eigenvalue weighted by atomic mass is 32.2. The third-order valence-corrected chi connectivity index (χ3v) is 2.58. The van der Waals surface area contributed by atoms with Gasteiger partial charge in [0.1, 0.15) is 17.2 Å². The predicted octanol–water partition coefficient (Wildman–Crippen LogP) is 0.633. The minimum atomic E-state index is -3.40. The van der Waals surface area contributed by atoms with Crippen molar-refractivity contribution in [2.24, 2.45) is 0 Å². The smallest absolute Gasteiger partial charge is 0.352 e. The van der Waals surface area contributed by atoms with Gasteiger partial charge < -0.3 is 10.1 Å². The van der Waals surface area contributed by atoms with E-state index in [-0.39, 0.29) is 11.5 Å². The summed E-state index contributed by atoms with van der Waals surface area (Å²) in [5.74, 6) is -0.959. The quantitative estimate of drug-likeness (QED) is 0.744. The summed E-state index contributed by atoms with van der Waals surface area (Å²) in [6.45, 7) is 0. The largest absolute Gasteiger partial charge is 0.477 e. The van der Waals surface area contributed by atoms with Crippen molar-refractivity contribution in [3.05, 3.63) is 23.9 Å². The van der Waals surface area contributed by atoms with Gasteiger partial charge in [-0.3, -0.25) is 4.72 Å². The average molecular weight is 255 g/mol. The highest BCUT2D eigenvalue weighted by molar-refractivity contribution is 7.92. The molecule has 3 N–H and O–H groups in total. The number of carbonyl (C=O) groups is 1. The molecule has 0 saturated heterocycles. The molecule has 2 heterocycles. The van der Waals surface area contributed by atoms with Crippen LogP contribution in [0.1, 0.15) is 10.5 Å². The zero-order valence-corrected chi connectivity index (χ0v) is 9.58. The van der Waals surface area contributed by atoms with Gasteiger partial charge >= 0.3 is 5.97 Å². The van der Waals surface area contributed by atoms with Crippen molar-refractivity contribution in [2.75, 3.05) is 11.0 Å². The fourth-order valence-electron chi connectivity index (χ4n) is 1.37. The maximum absolute atomic E-state index is 11.0. The fraction of sp³-hybridized carbons (Fsp3) is 0.111. The maximum atomic E-state index is 11.0. The normalized spacial score (nSPS) is 11.6. The van der Waals surface area contributed by atoms with Gasteiger partial charge in [0.2, 0.25) is 10.0 Å². The van der Waals surface area contributed by atoms with Gasteiger partial charge in [-0.1, -0.05) is 0 Å². The third kappa shape index (κ3) is 2.53. The van der Waals surface area contributed by atoms with Crippen molar-refractivity contribution in [2.45, 2.75) is 0 Å². The van der Waals surface area contributed by atoms with E-state index >= 15 is 0 Å². The topological polar surface area (TPSA) is 112 Å². The first kappa shape index (κ1) is 11.4. The molecule has 0 amide bonds. The van der Waals surface area contributed by atoms with Crippen molar-refractivity contribution in [1.82, 2.24) is 9.97 Å². The molecule has 0 spiro atoms. The van der Waals surface area contributed by atoms with E-state index in [0.717, 1.165) is 6.26 Å². The Kier molecular flexibility index (Phi) is 2.50. The van der Waals surface area contributed by atoms with Crippen LogP contribution in [0.25, 0.3) is 11.0 Å². The molecule has 0 aliphatic heterocycles. The first-order chi connectivity index (χ1) is 7.85. The zero-order valence-electron chi connectivity index (χ0n) is 8.76. The maximum Gasteiger partial charge on any atom is 0.352 e. The number of hydrogen-bond acceptors (Lipinski definition) is 4. The van der Waals surface area contributed by atoms with Crippen LogP contribution in [-0.2, 0) is 10.0 Å². The van der Waals surface area contributed by atoms with Gasteiger partial charge in [-0.25, -0.2) is 18.2 Å². The summed E-state index contributed by atoms with van der Waals surface area (Å²) < 4.78 is 24.2. The lowest BCUT2D eigenvalue weighted by molar-refractivity contribution is 0.0691. The molecule has 2 aromatic heterocycles. The molecule has 0 radical (unpaired) electrons. The number of aromatic amines is 1. The molecule has 0 fully saturated rings. The minimum absolute atomic E-state index is 0.00371. The number of carboxylic acid groups (broad SMARTS) is 1. The second-order valence-electron chi connectivity index (χ2n) is 3.50. The van der Waals surface area contributed by atoms with E-state index in [1.807, 2.05) is 0 Å². The van der Waals surface area contributed by atoms with Crippen molar-refractivity contribution in [3.8, 4) is 0 Å². The molecule has 0 saturated carbocycles. The van der Waals surface area contributed by atoms with Crippen molar-refractivity contribution in [3.63, 3.8) is 0 Å². The lowest BCUT2D eigenvalue weighted by atomic mass is 10.3. The molecule has 8 heteroatoms. The van der Waals surface area contributed by atoms with Crippen LogP contribution in [-0.4, -0.2) is 35.7 Å². The van der Waals surface area contributed by atoms with E-state index in [4.69, 9.17) is 5.11 Å². The molecule has 0 unspecified atom stereocenters. The van der Waals surface area contributed by atoms with E-state index in [9.17, 15) is 13.2 Å². The van der Waals surface area contributed by atoms with Gasteiger partial charge in [-0.05, 0) is 18.2 Å². The highest BCUT2D eigenvalue weighted by Crippen LogP contribution is 2.16. The van der Waals surface area contributed by atoms with Crippen molar-refractivity contribution in [1.29, 1.82) is 0 Å². The van der Waals surface area contributed by atoms with Crippen LogP contribution < -0.4 is 4.72 Å². The summed E-state index contributed by atoms with van der Waals surface area (Å²) in [4.78, 5) is 17.2. The number of fused-ring (bicyclic) bond motifs is 1. The van der Waals surface area contributed by atoms with E-state index in [1.54, 1.807) is 6.07 Å². The first-order valence-corrected chi connectivity index (χ1v) is 6.45. The van der Waals surface area contributed by atoms with Crippen LogP contribution >= 0.6 is 0 Å². The molecule has 2 aromatic rings. The van der Waals surface area contributed by atoms with Gasteiger partial charge in [-0.15, -0.1) is 0 Å². The van der Waals surface area contributed by atoms with Crippen LogP contribution in [0, 0.1) is 0 Å². The Labute approximate surface area is 96.5 Å². The molecule has 0 atom stereocenters. The standard InChI is InChI=1S/C9H9N3O4S/c1-17(15,16)12-7-3-2-5-4-6(9(13)14)10-8(5)11-7/h2-4H,1H3,(H,13,14)(H2,10,11,12). The molecule has 0 aliphatic rings. The Morgan fingerprint density at radius 1 is 1.47 bits per heavy atom. The number of pyridine rings is 1. The third-order valence-electron chi connectivity index (χ3n) is 2.00. The molecular formula is C9H9N3O4S. The fourth-order valence-corrected chi connectivity index (χ4v) is 1.86. The average Bonchev–Trinajstić information content (AvgIpc) is 2.57. The predicted molar refractivity (Wildman–Crippen MR) is 61.5 cm³/mol. The second-order valence-corrected chi connectivity index (χ2v) is 5.25. The number of carboxylic acids is 1. The summed E-state index contributed by atoms with van der Waals surface area (Å²) >= 11 is 0. The van der Waals surface area contributed by atoms with Gasteiger partial charge in [0.15, 0.2) is 0 Å². The van der Waals surface area contributed by atoms with Crippen LogP contribution in [0.15, 0.2) is 18.2 Å². The van der Waals surface area contributed by atoms with Crippen molar-refractivity contribution < 1.29 is 18.3 Å². The molecule has 0 aromatic carbocycles. The Morgan fingerprint density at radius 2 is 2.18 bits per heavy atom. The van der Waals surface area contributed by atoms with E-state index in [2.05, 4.69) is 14.7 Å². The molecule has 2 rings (SSSR count). The summed E-state index contributed by atoms with van der Waals surface area (Å²) in [6.07, 6.45) is 1.01. The Morgan fingerprint density at radius 3 is 2.76 bits per heavy atom. The molecular weight excluding hydrogens is 246 g/mol. The Balaban J connectivity index is 2.47. The SMILES string of the molecule is CS(=O)(=O)Nc1ccc2cc(C(=O)O)[nH]c2n1. The van der Waals surface area contributed by atoms with E-state index in [1.165, 1.54) is 12.1 Å². The van der Waals surface area contributed by atoms with Gasteiger partial charge in [0, 0.05) is 5.39 Å². The molecule has 0 aliphatic carbocycles. The molecule has 0 bridgehead atoms. The summed E-state index contributed by atoms with van der Waals surface area (Å²) in [6, 6.07) is 4.47. The Hall–Kier alpha value is -2.09.